The van der Waals surface area contributed by atoms with E-state index in [-0.39, 0.29) is 0 Å². The van der Waals surface area contributed by atoms with Crippen LogP contribution >= 0.6 is 11.6 Å². The molecule has 1 aromatic rings. The maximum atomic E-state index is 5.68. The average Bonchev–Trinajstić information content (AvgIpc) is 2.27. The molecule has 0 aliphatic heterocycles. The Labute approximate surface area is 97.8 Å². The Kier molecular flexibility index (Phi) is 5.74. The Morgan fingerprint density at radius 1 is 1.20 bits per heavy atom. The number of benzene rings is 1. The summed E-state index contributed by atoms with van der Waals surface area (Å²) in [7, 11) is 0. The summed E-state index contributed by atoms with van der Waals surface area (Å²) < 4.78 is 0. The first-order valence-corrected chi connectivity index (χ1v) is 6.17. The second kappa shape index (κ2) is 6.86. The fourth-order valence-corrected chi connectivity index (χ4v) is 1.78. The molecular weight excluding hydrogens is 206 g/mol. The number of hydrogen-bond acceptors (Lipinski definition) is 1. The van der Waals surface area contributed by atoms with Crippen LogP contribution < -0.4 is 5.32 Å². The zero-order valence-electron chi connectivity index (χ0n) is 9.59. The molecule has 1 atom stereocenters. The molecule has 0 aromatic heterocycles. The summed E-state index contributed by atoms with van der Waals surface area (Å²) in [5, 5.41) is 3.45. The van der Waals surface area contributed by atoms with Gasteiger partial charge in [0.05, 0.1) is 0 Å². The van der Waals surface area contributed by atoms with Crippen LogP contribution in [-0.2, 0) is 13.0 Å². The van der Waals surface area contributed by atoms with Crippen molar-refractivity contribution in [1.29, 1.82) is 0 Å². The summed E-state index contributed by atoms with van der Waals surface area (Å²) in [5.41, 5.74) is 2.74. The van der Waals surface area contributed by atoms with E-state index in [0.717, 1.165) is 25.3 Å². The molecule has 2 heteroatoms. The number of hydrogen-bond donors (Lipinski definition) is 1. The van der Waals surface area contributed by atoms with E-state index in [2.05, 4.69) is 43.4 Å². The Morgan fingerprint density at radius 3 is 2.33 bits per heavy atom. The van der Waals surface area contributed by atoms with Gasteiger partial charge in [0.15, 0.2) is 0 Å². The molecule has 0 heterocycles. The summed E-state index contributed by atoms with van der Waals surface area (Å²) in [5.74, 6) is 0.725. The Morgan fingerprint density at radius 2 is 1.80 bits per heavy atom. The molecular formula is C13H20ClN. The van der Waals surface area contributed by atoms with Crippen LogP contribution in [0.2, 0.25) is 0 Å². The molecule has 0 radical (unpaired) electrons. The highest BCUT2D eigenvalue weighted by Gasteiger charge is 2.00. The molecule has 1 aromatic carbocycles. The van der Waals surface area contributed by atoms with Gasteiger partial charge in [-0.3, -0.25) is 0 Å². The standard InChI is InChI=1S/C13H20ClN/c1-3-12-4-6-13(7-5-12)10-15-11(2)8-9-14/h4-7,11,15H,3,8-10H2,1-2H3. The molecule has 0 bridgehead atoms. The van der Waals surface area contributed by atoms with Gasteiger partial charge in [-0.25, -0.2) is 0 Å². The molecule has 0 aliphatic carbocycles. The lowest BCUT2D eigenvalue weighted by Gasteiger charge is -2.12. The van der Waals surface area contributed by atoms with Crippen LogP contribution in [0.1, 0.15) is 31.4 Å². The third-order valence-electron chi connectivity index (χ3n) is 2.63. The zero-order chi connectivity index (χ0) is 11.1. The minimum Gasteiger partial charge on any atom is -0.310 e. The molecule has 84 valence electrons. The fourth-order valence-electron chi connectivity index (χ4n) is 1.45. The molecule has 1 rings (SSSR count). The topological polar surface area (TPSA) is 12.0 Å². The highest BCUT2D eigenvalue weighted by atomic mass is 35.5. The van der Waals surface area contributed by atoms with E-state index in [0.29, 0.717) is 6.04 Å². The smallest absolute Gasteiger partial charge is 0.0238 e. The summed E-state index contributed by atoms with van der Waals surface area (Å²) >= 11 is 5.68. The van der Waals surface area contributed by atoms with E-state index in [4.69, 9.17) is 11.6 Å². The van der Waals surface area contributed by atoms with Crippen molar-refractivity contribution in [3.8, 4) is 0 Å². The first kappa shape index (κ1) is 12.5. The van der Waals surface area contributed by atoms with Crippen LogP contribution in [0.5, 0.6) is 0 Å². The van der Waals surface area contributed by atoms with Crippen molar-refractivity contribution in [2.45, 2.75) is 39.3 Å². The van der Waals surface area contributed by atoms with Crippen molar-refractivity contribution < 1.29 is 0 Å². The Bertz CT molecular complexity index is 268. The highest BCUT2D eigenvalue weighted by molar-refractivity contribution is 6.17. The van der Waals surface area contributed by atoms with Gasteiger partial charge in [0, 0.05) is 18.5 Å². The van der Waals surface area contributed by atoms with Crippen molar-refractivity contribution in [2.75, 3.05) is 5.88 Å². The predicted molar refractivity (Wildman–Crippen MR) is 67.5 cm³/mol. The number of nitrogens with one attached hydrogen (secondary N) is 1. The number of rotatable bonds is 6. The maximum Gasteiger partial charge on any atom is 0.0238 e. The summed E-state index contributed by atoms with van der Waals surface area (Å²) in [6.07, 6.45) is 2.13. The SMILES string of the molecule is CCc1ccc(CNC(C)CCCl)cc1. The second-order valence-electron chi connectivity index (χ2n) is 3.93. The number of alkyl halides is 1. The quantitative estimate of drug-likeness (QED) is 0.733. The molecule has 1 N–H and O–H groups in total. The van der Waals surface area contributed by atoms with Gasteiger partial charge in [-0.1, -0.05) is 31.2 Å². The van der Waals surface area contributed by atoms with Crippen LogP contribution in [0.3, 0.4) is 0 Å². The van der Waals surface area contributed by atoms with Gasteiger partial charge in [0.2, 0.25) is 0 Å². The van der Waals surface area contributed by atoms with E-state index in [9.17, 15) is 0 Å². The molecule has 1 nitrogen and oxygen atoms in total. The van der Waals surface area contributed by atoms with E-state index in [1.54, 1.807) is 0 Å². The Hall–Kier alpha value is -0.530. The largest absolute Gasteiger partial charge is 0.310 e. The van der Waals surface area contributed by atoms with Crippen molar-refractivity contribution in [3.63, 3.8) is 0 Å². The predicted octanol–water partition coefficient (Wildman–Crippen LogP) is 3.36. The summed E-state index contributed by atoms with van der Waals surface area (Å²) in [4.78, 5) is 0. The molecule has 0 aliphatic rings. The number of aryl methyl sites for hydroxylation is 1. The van der Waals surface area contributed by atoms with Gasteiger partial charge in [-0.15, -0.1) is 11.6 Å². The molecule has 0 spiro atoms. The van der Waals surface area contributed by atoms with Crippen LogP contribution in [0.25, 0.3) is 0 Å². The van der Waals surface area contributed by atoms with Gasteiger partial charge in [0.1, 0.15) is 0 Å². The van der Waals surface area contributed by atoms with Crippen molar-refractivity contribution in [2.24, 2.45) is 0 Å². The first-order chi connectivity index (χ1) is 7.26. The lowest BCUT2D eigenvalue weighted by molar-refractivity contribution is 0.536. The molecule has 0 fully saturated rings. The average molecular weight is 226 g/mol. The van der Waals surface area contributed by atoms with Crippen LogP contribution in [0.15, 0.2) is 24.3 Å². The van der Waals surface area contributed by atoms with Gasteiger partial charge >= 0.3 is 0 Å². The monoisotopic (exact) mass is 225 g/mol. The second-order valence-corrected chi connectivity index (χ2v) is 4.31. The van der Waals surface area contributed by atoms with Gasteiger partial charge in [-0.05, 0) is 30.9 Å². The minimum absolute atomic E-state index is 0.494. The van der Waals surface area contributed by atoms with Crippen molar-refractivity contribution in [1.82, 2.24) is 5.32 Å². The van der Waals surface area contributed by atoms with E-state index in [1.807, 2.05) is 0 Å². The lowest BCUT2D eigenvalue weighted by Crippen LogP contribution is -2.25. The van der Waals surface area contributed by atoms with Crippen LogP contribution in [-0.4, -0.2) is 11.9 Å². The molecule has 1 unspecified atom stereocenters. The van der Waals surface area contributed by atoms with E-state index in [1.165, 1.54) is 11.1 Å². The molecule has 0 saturated heterocycles. The van der Waals surface area contributed by atoms with E-state index >= 15 is 0 Å². The van der Waals surface area contributed by atoms with Crippen LogP contribution in [0, 0.1) is 0 Å². The van der Waals surface area contributed by atoms with E-state index < -0.39 is 0 Å². The Balaban J connectivity index is 2.37. The third-order valence-corrected chi connectivity index (χ3v) is 2.85. The zero-order valence-corrected chi connectivity index (χ0v) is 10.3. The van der Waals surface area contributed by atoms with Gasteiger partial charge in [-0.2, -0.15) is 0 Å². The minimum atomic E-state index is 0.494. The summed E-state index contributed by atoms with van der Waals surface area (Å²) in [6.45, 7) is 5.28. The third kappa shape index (κ3) is 4.67. The number of halogens is 1. The lowest BCUT2D eigenvalue weighted by atomic mass is 10.1. The van der Waals surface area contributed by atoms with Gasteiger partial charge < -0.3 is 5.32 Å². The van der Waals surface area contributed by atoms with Crippen molar-refractivity contribution in [3.05, 3.63) is 35.4 Å². The first-order valence-electron chi connectivity index (χ1n) is 5.63. The maximum absolute atomic E-state index is 5.68. The highest BCUT2D eigenvalue weighted by Crippen LogP contribution is 2.05. The molecule has 0 amide bonds. The van der Waals surface area contributed by atoms with Crippen LogP contribution in [0.4, 0.5) is 0 Å². The normalized spacial score (nSPS) is 12.7. The molecule has 0 saturated carbocycles. The summed E-state index contributed by atoms with van der Waals surface area (Å²) in [6, 6.07) is 9.28. The van der Waals surface area contributed by atoms with Gasteiger partial charge in [0.25, 0.3) is 0 Å². The molecule has 15 heavy (non-hydrogen) atoms. The fraction of sp³-hybridized carbons (Fsp3) is 0.538. The van der Waals surface area contributed by atoms with Crippen molar-refractivity contribution >= 4 is 11.6 Å².